The second-order valence-corrected chi connectivity index (χ2v) is 3.94. The molecule has 4 nitrogen and oxygen atoms in total. The number of fused-ring (bicyclic) bond motifs is 1. The molecule has 5 heteroatoms. The number of nitrogen functional groups attached to an aromatic ring is 1. The quantitative estimate of drug-likeness (QED) is 0.669. The molecule has 84 valence electrons. The maximum absolute atomic E-state index is 5.86. The van der Waals surface area contributed by atoms with Crippen LogP contribution in [0.5, 0.6) is 0 Å². The third kappa shape index (κ3) is 1.62. The van der Waals surface area contributed by atoms with Gasteiger partial charge in [-0.25, -0.2) is 9.97 Å². The zero-order valence-corrected chi connectivity index (χ0v) is 9.48. The summed E-state index contributed by atoms with van der Waals surface area (Å²) >= 11 is 5.76. The van der Waals surface area contributed by atoms with Gasteiger partial charge < -0.3 is 10.2 Å². The molecule has 0 aliphatic carbocycles. The predicted molar refractivity (Wildman–Crippen MR) is 66.7 cm³/mol. The Kier molecular flexibility index (Phi) is 2.23. The Bertz CT molecular complexity index is 693. The summed E-state index contributed by atoms with van der Waals surface area (Å²) in [6, 6.07) is 9.01. The highest BCUT2D eigenvalue weighted by atomic mass is 35.5. The van der Waals surface area contributed by atoms with E-state index in [1.165, 1.54) is 6.33 Å². The van der Waals surface area contributed by atoms with Crippen LogP contribution in [0.15, 0.2) is 41.1 Å². The van der Waals surface area contributed by atoms with Crippen LogP contribution in [0.1, 0.15) is 0 Å². The standard InChI is InChI=1S/C12H8ClN3O/c13-10-5-4-9(17-10)12-7-2-1-3-8(14)11(7)15-6-16-12/h1-6H,14H2. The smallest absolute Gasteiger partial charge is 0.194 e. The third-order valence-corrected chi connectivity index (χ3v) is 2.71. The molecule has 0 saturated heterocycles. The van der Waals surface area contributed by atoms with Crippen molar-refractivity contribution in [1.29, 1.82) is 0 Å². The van der Waals surface area contributed by atoms with Gasteiger partial charge in [0, 0.05) is 5.39 Å². The number of hydrogen-bond donors (Lipinski definition) is 1. The molecule has 0 bridgehead atoms. The van der Waals surface area contributed by atoms with Gasteiger partial charge in [0.25, 0.3) is 0 Å². The average Bonchev–Trinajstić information content (AvgIpc) is 2.76. The van der Waals surface area contributed by atoms with Gasteiger partial charge in [-0.2, -0.15) is 0 Å². The fourth-order valence-corrected chi connectivity index (χ4v) is 1.89. The SMILES string of the molecule is Nc1cccc2c(-c3ccc(Cl)o3)ncnc12. The van der Waals surface area contributed by atoms with Crippen molar-refractivity contribution < 1.29 is 4.42 Å². The van der Waals surface area contributed by atoms with E-state index in [9.17, 15) is 0 Å². The molecule has 3 rings (SSSR count). The highest BCUT2D eigenvalue weighted by Gasteiger charge is 2.11. The van der Waals surface area contributed by atoms with Crippen LogP contribution < -0.4 is 5.73 Å². The number of furan rings is 1. The Balaban J connectivity index is 2.34. The monoisotopic (exact) mass is 245 g/mol. The first-order valence-electron chi connectivity index (χ1n) is 5.00. The first kappa shape index (κ1) is 10.1. The number of halogens is 1. The topological polar surface area (TPSA) is 64.9 Å². The van der Waals surface area contributed by atoms with E-state index in [-0.39, 0.29) is 0 Å². The van der Waals surface area contributed by atoms with Crippen LogP contribution in [0.3, 0.4) is 0 Å². The second-order valence-electron chi connectivity index (χ2n) is 3.57. The predicted octanol–water partition coefficient (Wildman–Crippen LogP) is 3.13. The minimum atomic E-state index is 0.329. The summed E-state index contributed by atoms with van der Waals surface area (Å²) < 4.78 is 5.35. The van der Waals surface area contributed by atoms with E-state index in [2.05, 4.69) is 9.97 Å². The van der Waals surface area contributed by atoms with Crippen molar-refractivity contribution in [1.82, 2.24) is 9.97 Å². The zero-order valence-electron chi connectivity index (χ0n) is 8.72. The molecule has 2 aromatic heterocycles. The lowest BCUT2D eigenvalue weighted by molar-refractivity contribution is 0.582. The van der Waals surface area contributed by atoms with Crippen molar-refractivity contribution in [2.24, 2.45) is 0 Å². The van der Waals surface area contributed by atoms with Crippen molar-refractivity contribution in [3.63, 3.8) is 0 Å². The highest BCUT2D eigenvalue weighted by Crippen LogP contribution is 2.30. The van der Waals surface area contributed by atoms with E-state index in [1.54, 1.807) is 18.2 Å². The minimum Gasteiger partial charge on any atom is -0.443 e. The summed E-state index contributed by atoms with van der Waals surface area (Å²) in [6.07, 6.45) is 1.46. The molecule has 0 radical (unpaired) electrons. The number of anilines is 1. The molecular formula is C12H8ClN3O. The van der Waals surface area contributed by atoms with Gasteiger partial charge in [0.05, 0.1) is 11.2 Å². The van der Waals surface area contributed by atoms with Gasteiger partial charge in [-0.3, -0.25) is 0 Å². The van der Waals surface area contributed by atoms with Gasteiger partial charge in [-0.15, -0.1) is 0 Å². The lowest BCUT2D eigenvalue weighted by Crippen LogP contribution is -1.92. The van der Waals surface area contributed by atoms with Crippen molar-refractivity contribution in [2.75, 3.05) is 5.73 Å². The number of para-hydroxylation sites is 1. The molecule has 0 amide bonds. The number of nitrogens with two attached hydrogens (primary N) is 1. The number of aromatic nitrogens is 2. The van der Waals surface area contributed by atoms with Gasteiger partial charge in [-0.1, -0.05) is 12.1 Å². The molecule has 3 aromatic rings. The summed E-state index contributed by atoms with van der Waals surface area (Å²) in [7, 11) is 0. The molecule has 2 heterocycles. The van der Waals surface area contributed by atoms with Crippen LogP contribution in [0.2, 0.25) is 5.22 Å². The van der Waals surface area contributed by atoms with E-state index in [0.29, 0.717) is 27.9 Å². The molecule has 0 aliphatic rings. The van der Waals surface area contributed by atoms with Crippen LogP contribution in [0.4, 0.5) is 5.69 Å². The van der Waals surface area contributed by atoms with Crippen LogP contribution in [0.25, 0.3) is 22.4 Å². The number of hydrogen-bond acceptors (Lipinski definition) is 4. The van der Waals surface area contributed by atoms with Crippen LogP contribution in [-0.4, -0.2) is 9.97 Å². The molecule has 0 unspecified atom stereocenters. The van der Waals surface area contributed by atoms with Gasteiger partial charge in [0.1, 0.15) is 12.0 Å². The zero-order chi connectivity index (χ0) is 11.8. The summed E-state index contributed by atoms with van der Waals surface area (Å²) in [5, 5.41) is 1.18. The number of benzene rings is 1. The summed E-state index contributed by atoms with van der Waals surface area (Å²) in [5.41, 5.74) is 7.88. The van der Waals surface area contributed by atoms with E-state index in [0.717, 1.165) is 5.39 Å². The van der Waals surface area contributed by atoms with Crippen molar-refractivity contribution in [3.05, 3.63) is 41.9 Å². The molecule has 17 heavy (non-hydrogen) atoms. The molecule has 0 saturated carbocycles. The number of rotatable bonds is 1. The number of nitrogens with zero attached hydrogens (tertiary/aromatic N) is 2. The lowest BCUT2D eigenvalue weighted by Gasteiger charge is -2.03. The normalized spacial score (nSPS) is 10.9. The summed E-state index contributed by atoms with van der Waals surface area (Å²) in [4.78, 5) is 8.38. The molecular weight excluding hydrogens is 238 g/mol. The lowest BCUT2D eigenvalue weighted by atomic mass is 10.1. The Morgan fingerprint density at radius 2 is 2.00 bits per heavy atom. The first-order chi connectivity index (χ1) is 8.25. The van der Waals surface area contributed by atoms with Crippen LogP contribution >= 0.6 is 11.6 Å². The minimum absolute atomic E-state index is 0.329. The molecule has 0 atom stereocenters. The fraction of sp³-hybridized carbons (Fsp3) is 0. The van der Waals surface area contributed by atoms with Crippen molar-refractivity contribution in [2.45, 2.75) is 0 Å². The molecule has 2 N–H and O–H groups in total. The van der Waals surface area contributed by atoms with Gasteiger partial charge in [-0.05, 0) is 29.8 Å². The van der Waals surface area contributed by atoms with E-state index in [1.807, 2.05) is 12.1 Å². The molecule has 1 aromatic carbocycles. The Hall–Kier alpha value is -2.07. The fourth-order valence-electron chi connectivity index (χ4n) is 1.75. The van der Waals surface area contributed by atoms with Crippen molar-refractivity contribution in [3.8, 4) is 11.5 Å². The van der Waals surface area contributed by atoms with Crippen LogP contribution in [-0.2, 0) is 0 Å². The first-order valence-corrected chi connectivity index (χ1v) is 5.38. The molecule has 0 spiro atoms. The van der Waals surface area contributed by atoms with Gasteiger partial charge in [0.2, 0.25) is 0 Å². The molecule has 0 fully saturated rings. The van der Waals surface area contributed by atoms with E-state index < -0.39 is 0 Å². The average molecular weight is 246 g/mol. The summed E-state index contributed by atoms with van der Waals surface area (Å²) in [6.45, 7) is 0. The molecule has 0 aliphatic heterocycles. The Labute approximate surface area is 102 Å². The Morgan fingerprint density at radius 3 is 2.76 bits per heavy atom. The third-order valence-electron chi connectivity index (χ3n) is 2.50. The highest BCUT2D eigenvalue weighted by molar-refractivity contribution is 6.29. The summed E-state index contributed by atoms with van der Waals surface area (Å²) in [5.74, 6) is 0.605. The van der Waals surface area contributed by atoms with E-state index in [4.69, 9.17) is 21.8 Å². The maximum atomic E-state index is 5.86. The maximum Gasteiger partial charge on any atom is 0.194 e. The van der Waals surface area contributed by atoms with Crippen LogP contribution in [0, 0.1) is 0 Å². The van der Waals surface area contributed by atoms with Gasteiger partial charge >= 0.3 is 0 Å². The second kappa shape index (κ2) is 3.75. The largest absolute Gasteiger partial charge is 0.443 e. The Morgan fingerprint density at radius 1 is 1.12 bits per heavy atom. The van der Waals surface area contributed by atoms with E-state index >= 15 is 0 Å². The van der Waals surface area contributed by atoms with Gasteiger partial charge in [0.15, 0.2) is 11.0 Å². The van der Waals surface area contributed by atoms with Crippen molar-refractivity contribution >= 4 is 28.2 Å².